The second-order valence-corrected chi connectivity index (χ2v) is 30.1. The Kier molecular flexibility index (Phi) is 24.3. The molecule has 0 spiro atoms. The number of aliphatic hydroxyl groups is 1. The van der Waals surface area contributed by atoms with Gasteiger partial charge in [-0.2, -0.15) is 0 Å². The molecule has 14 atom stereocenters. The first kappa shape index (κ1) is 70.2. The van der Waals surface area contributed by atoms with E-state index < -0.39 is 46.0 Å². The topological polar surface area (TPSA) is 150 Å². The lowest BCUT2D eigenvalue weighted by molar-refractivity contribution is -0.246. The predicted octanol–water partition coefficient (Wildman–Crippen LogP) is 15.5. The molecule has 14 heteroatoms. The fourth-order valence-corrected chi connectivity index (χ4v) is 16.7. The quantitative estimate of drug-likeness (QED) is 0.0492. The van der Waals surface area contributed by atoms with Crippen molar-refractivity contribution in [1.29, 1.82) is 0 Å². The molecule has 7 aliphatic rings. The van der Waals surface area contributed by atoms with Crippen molar-refractivity contribution in [2.45, 2.75) is 291 Å². The van der Waals surface area contributed by atoms with E-state index in [4.69, 9.17) is 28.4 Å². The summed E-state index contributed by atoms with van der Waals surface area (Å²) in [6.45, 7) is 29.5. The number of amides is 1. The van der Waals surface area contributed by atoms with Gasteiger partial charge in [0.15, 0.2) is 28.6 Å². The molecule has 86 heavy (non-hydrogen) atoms. The van der Waals surface area contributed by atoms with Gasteiger partial charge in [0.2, 0.25) is 0 Å². The maximum absolute atomic E-state index is 17.9. The first-order valence-corrected chi connectivity index (χ1v) is 34.2. The van der Waals surface area contributed by atoms with E-state index in [0.717, 1.165) is 98.9 Å². The minimum Gasteiger partial charge on any atom is -0.448 e. The zero-order valence-electron chi connectivity index (χ0n) is 56.3. The van der Waals surface area contributed by atoms with Crippen molar-refractivity contribution >= 4 is 23.6 Å². The second-order valence-electron chi connectivity index (χ2n) is 30.1. The summed E-state index contributed by atoms with van der Waals surface area (Å²) in [5.41, 5.74) is -1.52. The largest absolute Gasteiger partial charge is 0.448 e. The Hall–Kier alpha value is -3.27. The molecule has 2 aliphatic heterocycles. The van der Waals surface area contributed by atoms with Crippen LogP contribution in [0.3, 0.4) is 0 Å². The van der Waals surface area contributed by atoms with Crippen LogP contribution in [0.4, 0.5) is 9.18 Å². The number of fused-ring (bicyclic) bond motifs is 8. The Morgan fingerprint density at radius 2 is 1.45 bits per heavy atom. The van der Waals surface area contributed by atoms with E-state index in [2.05, 4.69) is 55.4 Å². The first-order chi connectivity index (χ1) is 40.5. The zero-order valence-corrected chi connectivity index (χ0v) is 56.3. The summed E-state index contributed by atoms with van der Waals surface area (Å²) in [5.74, 6) is 0.670. The number of nitrogens with zero attached hydrogens (tertiary/aromatic N) is 2. The van der Waals surface area contributed by atoms with Crippen molar-refractivity contribution in [2.24, 2.45) is 46.3 Å². The number of esters is 1. The minimum absolute atomic E-state index is 0.00831. The summed E-state index contributed by atoms with van der Waals surface area (Å²) in [6.07, 6.45) is 23.7. The molecule has 5 fully saturated rings. The lowest BCUT2D eigenvalue weighted by Crippen LogP contribution is -2.70. The van der Waals surface area contributed by atoms with Crippen LogP contribution in [0.15, 0.2) is 46.3 Å². The molecular formula is C72H117FN2O11. The third-order valence-corrected chi connectivity index (χ3v) is 22.2. The van der Waals surface area contributed by atoms with Gasteiger partial charge in [-0.25, -0.2) is 9.18 Å². The van der Waals surface area contributed by atoms with Crippen molar-refractivity contribution in [1.82, 2.24) is 9.80 Å². The Bertz CT molecular complexity index is 2470. The Morgan fingerprint density at radius 1 is 0.802 bits per heavy atom. The van der Waals surface area contributed by atoms with Gasteiger partial charge in [0.05, 0.1) is 30.0 Å². The van der Waals surface area contributed by atoms with Crippen LogP contribution >= 0.6 is 0 Å². The highest BCUT2D eigenvalue weighted by atomic mass is 19.1. The van der Waals surface area contributed by atoms with Gasteiger partial charge in [-0.1, -0.05) is 130 Å². The van der Waals surface area contributed by atoms with Gasteiger partial charge in [0.25, 0.3) is 0 Å². The standard InChI is InChI=1S/C72H117FN2O11/c1-48(2)26-23-27-49(3)28-24-29-50(4)30-25-37-68(11)38-36-57-54(8)64(52(6)53(7)65(57)85-68)83-63(79)32-20-18-22-41-75(66(80)81-43-42-74(14)15)40-21-17-16-19-31-51(5)82-47-61(78)72-62(84-67(9,10)86-72)45-59-58-34-33-55-44-56(76)35-39-69(55,12)71(58,73)60(77)46-70(59,72)13/h35,39,44,48-51,53,58-60,62,65,77H,16-34,36-38,40-43,45-47H2,1-15H3. The van der Waals surface area contributed by atoms with Gasteiger partial charge in [-0.15, -0.1) is 0 Å². The van der Waals surface area contributed by atoms with E-state index in [1.165, 1.54) is 69.1 Å². The number of rotatable bonds is 33. The molecule has 14 unspecified atom stereocenters. The molecule has 1 N–H and O–H groups in total. The number of carbonyl (C=O) groups excluding carboxylic acids is 4. The summed E-state index contributed by atoms with van der Waals surface area (Å²) in [7, 11) is 3.90. The summed E-state index contributed by atoms with van der Waals surface area (Å²) < 4.78 is 56.4. The van der Waals surface area contributed by atoms with Crippen molar-refractivity contribution < 1.29 is 57.1 Å². The molecule has 2 saturated heterocycles. The number of hydrogen-bond acceptors (Lipinski definition) is 12. The van der Waals surface area contributed by atoms with Crippen molar-refractivity contribution in [2.75, 3.05) is 46.9 Å². The van der Waals surface area contributed by atoms with Crippen LogP contribution in [-0.4, -0.2) is 133 Å². The number of halogens is 1. The van der Waals surface area contributed by atoms with Crippen LogP contribution in [0.1, 0.15) is 244 Å². The molecule has 0 aromatic carbocycles. The fourth-order valence-electron chi connectivity index (χ4n) is 16.7. The number of ketones is 2. The lowest BCUT2D eigenvalue weighted by atomic mass is 9.44. The molecule has 488 valence electrons. The molecular weight excluding hydrogens is 1090 g/mol. The number of alkyl halides is 1. The molecule has 0 aromatic heterocycles. The Balaban J connectivity index is 0.813. The maximum atomic E-state index is 17.9. The van der Waals surface area contributed by atoms with Crippen molar-refractivity contribution in [3.05, 3.63) is 46.3 Å². The van der Waals surface area contributed by atoms with Gasteiger partial charge in [0.1, 0.15) is 19.0 Å². The van der Waals surface area contributed by atoms with E-state index in [-0.39, 0.29) is 66.3 Å². The van der Waals surface area contributed by atoms with Gasteiger partial charge in [-0.3, -0.25) is 14.4 Å². The van der Waals surface area contributed by atoms with Crippen LogP contribution in [0, 0.1) is 46.3 Å². The SMILES string of the molecule is CC1=C2CCC(C)(CCCC(C)CCCC(C)CCCC(C)C)OC2C(C)C(C)=C1OC(=O)CCCCCN(CCCCCCC(C)OCC(=O)C12OC(C)(C)OC1CC1C3CCC4=CC(=O)C=CC4(C)C3(F)C(O)CC12C)C(=O)OCCN(C)C. The Labute approximate surface area is 519 Å². The Morgan fingerprint density at radius 3 is 2.13 bits per heavy atom. The van der Waals surface area contributed by atoms with E-state index in [9.17, 15) is 24.3 Å². The highest BCUT2D eigenvalue weighted by molar-refractivity contribution is 6.01. The summed E-state index contributed by atoms with van der Waals surface area (Å²) in [4.78, 5) is 57.7. The monoisotopic (exact) mass is 1200 g/mol. The molecule has 0 bridgehead atoms. The number of Topliss-reactive ketones (excluding diaryl/α,β-unsaturated/α-hetero) is 1. The molecule has 2 heterocycles. The second kappa shape index (κ2) is 29.8. The molecule has 7 rings (SSSR count). The van der Waals surface area contributed by atoms with Crippen LogP contribution in [0.2, 0.25) is 0 Å². The third kappa shape index (κ3) is 15.9. The highest BCUT2D eigenvalue weighted by Gasteiger charge is 2.80. The molecule has 5 aliphatic carbocycles. The van der Waals surface area contributed by atoms with Crippen molar-refractivity contribution in [3.8, 4) is 0 Å². The van der Waals surface area contributed by atoms with Crippen LogP contribution < -0.4 is 0 Å². The molecule has 1 amide bonds. The summed E-state index contributed by atoms with van der Waals surface area (Å²) in [5, 5.41) is 12.0. The summed E-state index contributed by atoms with van der Waals surface area (Å²) in [6, 6.07) is 0. The zero-order chi connectivity index (χ0) is 63.0. The van der Waals surface area contributed by atoms with E-state index in [1.807, 2.05) is 32.8 Å². The number of unbranched alkanes of at least 4 members (excludes halogenated alkanes) is 5. The number of ether oxygens (including phenoxy) is 6. The van der Waals surface area contributed by atoms with Crippen LogP contribution in [-0.2, 0) is 42.8 Å². The maximum Gasteiger partial charge on any atom is 0.409 e. The van der Waals surface area contributed by atoms with Crippen LogP contribution in [0.5, 0.6) is 0 Å². The first-order valence-electron chi connectivity index (χ1n) is 34.2. The third-order valence-electron chi connectivity index (χ3n) is 22.2. The number of hydrogen-bond donors (Lipinski definition) is 1. The van der Waals surface area contributed by atoms with Gasteiger partial charge in [-0.05, 0) is 186 Å². The van der Waals surface area contributed by atoms with Gasteiger partial charge in [0, 0.05) is 48.7 Å². The van der Waals surface area contributed by atoms with E-state index in [1.54, 1.807) is 31.7 Å². The average molecular weight is 1210 g/mol. The van der Waals surface area contributed by atoms with E-state index >= 15 is 4.39 Å². The van der Waals surface area contributed by atoms with Crippen LogP contribution in [0.25, 0.3) is 0 Å². The molecule has 13 nitrogen and oxygen atoms in total. The molecule has 0 aromatic rings. The lowest BCUT2D eigenvalue weighted by Gasteiger charge is -2.62. The average Bonchev–Trinajstić information content (AvgIpc) is 1.42. The predicted molar refractivity (Wildman–Crippen MR) is 338 cm³/mol. The van der Waals surface area contributed by atoms with E-state index in [0.29, 0.717) is 63.9 Å². The smallest absolute Gasteiger partial charge is 0.409 e. The minimum atomic E-state index is -2.03. The summed E-state index contributed by atoms with van der Waals surface area (Å²) >= 11 is 0. The van der Waals surface area contributed by atoms with Crippen molar-refractivity contribution in [3.63, 3.8) is 0 Å². The normalized spacial score (nSPS) is 33.0. The number of likely N-dealkylation sites (N-methyl/N-ethyl adjacent to an activating group) is 1. The molecule has 3 saturated carbocycles. The van der Waals surface area contributed by atoms with Gasteiger partial charge >= 0.3 is 12.1 Å². The number of allylic oxidation sites excluding steroid dienone is 5. The highest BCUT2D eigenvalue weighted by Crippen LogP contribution is 2.72. The molecule has 0 radical (unpaired) electrons. The fraction of sp³-hybridized carbons (Fsp3) is 0.833. The van der Waals surface area contributed by atoms with Gasteiger partial charge < -0.3 is 43.3 Å². The number of carbonyl (C=O) groups is 4. The number of aliphatic hydroxyl groups excluding tert-OH is 1.